The predicted molar refractivity (Wildman–Crippen MR) is 76.5 cm³/mol. The first kappa shape index (κ1) is 16.6. The molecule has 1 heterocycles. The van der Waals surface area contributed by atoms with Crippen molar-refractivity contribution in [3.63, 3.8) is 0 Å². The average Bonchev–Trinajstić information content (AvgIpc) is 2.47. The number of halogens is 3. The Morgan fingerprint density at radius 1 is 1.36 bits per heavy atom. The van der Waals surface area contributed by atoms with Gasteiger partial charge in [-0.3, -0.25) is 0 Å². The summed E-state index contributed by atoms with van der Waals surface area (Å²) in [5, 5.41) is 11.6. The Hall–Kier alpha value is -1.76. The minimum atomic E-state index is -4.44. The maximum Gasteiger partial charge on any atom is 0.416 e. The topological polar surface area (TPSA) is 52.6 Å². The predicted octanol–water partition coefficient (Wildman–Crippen LogP) is 3.47. The van der Waals surface area contributed by atoms with E-state index >= 15 is 0 Å². The second kappa shape index (κ2) is 7.00. The van der Waals surface area contributed by atoms with Crippen LogP contribution in [0.15, 0.2) is 24.3 Å². The number of carbonyl (C=O) groups excluding carboxylic acids is 1. The summed E-state index contributed by atoms with van der Waals surface area (Å²) < 4.78 is 38.0. The molecule has 1 atom stereocenters. The molecule has 1 aliphatic heterocycles. The molecule has 1 fully saturated rings. The third-order valence-electron chi connectivity index (χ3n) is 3.79. The highest BCUT2D eigenvalue weighted by atomic mass is 19.4. The molecule has 0 unspecified atom stereocenters. The number of hydrogen-bond acceptors (Lipinski definition) is 2. The van der Waals surface area contributed by atoms with Gasteiger partial charge in [0.2, 0.25) is 0 Å². The fourth-order valence-corrected chi connectivity index (χ4v) is 2.69. The summed E-state index contributed by atoms with van der Waals surface area (Å²) >= 11 is 0. The minimum Gasteiger partial charge on any atom is -0.396 e. The lowest BCUT2D eigenvalue weighted by Crippen LogP contribution is -2.46. The van der Waals surface area contributed by atoms with E-state index in [0.29, 0.717) is 13.0 Å². The molecule has 2 amide bonds. The number of likely N-dealkylation sites (tertiary alicyclic amines) is 1. The molecule has 0 bridgehead atoms. The number of urea groups is 1. The quantitative estimate of drug-likeness (QED) is 0.897. The number of benzene rings is 1. The number of piperidine rings is 1. The third kappa shape index (κ3) is 4.13. The molecule has 22 heavy (non-hydrogen) atoms. The van der Waals surface area contributed by atoms with Gasteiger partial charge in [-0.05, 0) is 43.9 Å². The molecule has 0 aromatic heterocycles. The molecular weight excluding hydrogens is 297 g/mol. The SMILES string of the molecule is O=C(Nc1cccc(C(F)(F)F)c1)N1CCCC[C@H]1CCO. The summed E-state index contributed by atoms with van der Waals surface area (Å²) in [6, 6.07) is 4.09. The molecule has 1 aromatic carbocycles. The van der Waals surface area contributed by atoms with Gasteiger partial charge in [0.1, 0.15) is 0 Å². The molecule has 0 spiro atoms. The summed E-state index contributed by atoms with van der Waals surface area (Å²) in [4.78, 5) is 13.9. The summed E-state index contributed by atoms with van der Waals surface area (Å²) in [6.07, 6.45) is -1.31. The van der Waals surface area contributed by atoms with Crippen molar-refractivity contribution >= 4 is 11.7 Å². The van der Waals surface area contributed by atoms with E-state index in [2.05, 4.69) is 5.32 Å². The van der Waals surface area contributed by atoms with Crippen molar-refractivity contribution < 1.29 is 23.1 Å². The van der Waals surface area contributed by atoms with E-state index < -0.39 is 17.8 Å². The Balaban J connectivity index is 2.07. The van der Waals surface area contributed by atoms with E-state index in [1.54, 1.807) is 4.90 Å². The highest BCUT2D eigenvalue weighted by Crippen LogP contribution is 2.31. The highest BCUT2D eigenvalue weighted by Gasteiger charge is 2.31. The van der Waals surface area contributed by atoms with Crippen LogP contribution in [0.2, 0.25) is 0 Å². The van der Waals surface area contributed by atoms with Crippen LogP contribution in [0.25, 0.3) is 0 Å². The van der Waals surface area contributed by atoms with Gasteiger partial charge in [0, 0.05) is 24.9 Å². The van der Waals surface area contributed by atoms with Gasteiger partial charge in [-0.1, -0.05) is 6.07 Å². The lowest BCUT2D eigenvalue weighted by molar-refractivity contribution is -0.137. The number of alkyl halides is 3. The number of amides is 2. The Morgan fingerprint density at radius 3 is 2.82 bits per heavy atom. The van der Waals surface area contributed by atoms with Crippen molar-refractivity contribution in [2.45, 2.75) is 37.9 Å². The molecule has 4 nitrogen and oxygen atoms in total. The van der Waals surface area contributed by atoms with Gasteiger partial charge in [-0.2, -0.15) is 13.2 Å². The van der Waals surface area contributed by atoms with E-state index in [1.165, 1.54) is 12.1 Å². The zero-order valence-electron chi connectivity index (χ0n) is 12.1. The molecule has 2 N–H and O–H groups in total. The van der Waals surface area contributed by atoms with Crippen LogP contribution in [0.5, 0.6) is 0 Å². The van der Waals surface area contributed by atoms with Crippen LogP contribution in [-0.2, 0) is 6.18 Å². The number of aliphatic hydroxyl groups excluding tert-OH is 1. The monoisotopic (exact) mass is 316 g/mol. The number of aliphatic hydroxyl groups is 1. The summed E-state index contributed by atoms with van der Waals surface area (Å²) in [5.41, 5.74) is -0.677. The van der Waals surface area contributed by atoms with E-state index in [-0.39, 0.29) is 18.3 Å². The maximum atomic E-state index is 12.7. The minimum absolute atomic E-state index is 0.0159. The first-order valence-corrected chi connectivity index (χ1v) is 7.27. The zero-order chi connectivity index (χ0) is 16.2. The lowest BCUT2D eigenvalue weighted by Gasteiger charge is -2.35. The first-order valence-electron chi connectivity index (χ1n) is 7.27. The van der Waals surface area contributed by atoms with Crippen LogP contribution in [0, 0.1) is 0 Å². The smallest absolute Gasteiger partial charge is 0.396 e. The molecule has 0 radical (unpaired) electrons. The van der Waals surface area contributed by atoms with Gasteiger partial charge in [0.05, 0.1) is 5.56 Å². The van der Waals surface area contributed by atoms with Crippen LogP contribution in [0.1, 0.15) is 31.2 Å². The number of rotatable bonds is 3. The van der Waals surface area contributed by atoms with Crippen LogP contribution in [-0.4, -0.2) is 35.2 Å². The molecule has 1 saturated heterocycles. The molecule has 7 heteroatoms. The molecule has 1 aromatic rings. The summed E-state index contributed by atoms with van der Waals surface area (Å²) in [6.45, 7) is 0.535. The fourth-order valence-electron chi connectivity index (χ4n) is 2.69. The maximum absolute atomic E-state index is 12.7. The van der Waals surface area contributed by atoms with E-state index in [4.69, 9.17) is 5.11 Å². The van der Waals surface area contributed by atoms with E-state index in [9.17, 15) is 18.0 Å². The van der Waals surface area contributed by atoms with Gasteiger partial charge >= 0.3 is 12.2 Å². The van der Waals surface area contributed by atoms with Crippen molar-refractivity contribution in [1.82, 2.24) is 4.90 Å². The Kier molecular flexibility index (Phi) is 5.28. The molecular formula is C15H19F3N2O2. The average molecular weight is 316 g/mol. The summed E-state index contributed by atoms with van der Waals surface area (Å²) in [5.74, 6) is 0. The van der Waals surface area contributed by atoms with Crippen molar-refractivity contribution in [3.05, 3.63) is 29.8 Å². The largest absolute Gasteiger partial charge is 0.416 e. The van der Waals surface area contributed by atoms with Crippen LogP contribution >= 0.6 is 0 Å². The number of carbonyl (C=O) groups is 1. The van der Waals surface area contributed by atoms with Crippen LogP contribution < -0.4 is 5.32 Å². The van der Waals surface area contributed by atoms with Crippen molar-refractivity contribution in [2.24, 2.45) is 0 Å². The number of nitrogens with zero attached hydrogens (tertiary/aromatic N) is 1. The Morgan fingerprint density at radius 2 is 2.14 bits per heavy atom. The molecule has 0 aliphatic carbocycles. The second-order valence-corrected chi connectivity index (χ2v) is 5.36. The van der Waals surface area contributed by atoms with Crippen molar-refractivity contribution in [1.29, 1.82) is 0 Å². The normalized spacial score (nSPS) is 19.1. The zero-order valence-corrected chi connectivity index (χ0v) is 12.1. The van der Waals surface area contributed by atoms with Gasteiger partial charge in [0.25, 0.3) is 0 Å². The molecule has 0 saturated carbocycles. The standard InChI is InChI=1S/C15H19F3N2O2/c16-15(17,18)11-4-3-5-12(10-11)19-14(22)20-8-2-1-6-13(20)7-9-21/h3-5,10,13,21H,1-2,6-9H2,(H,19,22)/t13-/m0/s1. The van der Waals surface area contributed by atoms with E-state index in [0.717, 1.165) is 31.4 Å². The first-order chi connectivity index (χ1) is 10.4. The number of nitrogens with one attached hydrogen (secondary N) is 1. The summed E-state index contributed by atoms with van der Waals surface area (Å²) in [7, 11) is 0. The highest BCUT2D eigenvalue weighted by molar-refractivity contribution is 5.89. The fraction of sp³-hybridized carbons (Fsp3) is 0.533. The Labute approximate surface area is 126 Å². The van der Waals surface area contributed by atoms with Gasteiger partial charge in [0.15, 0.2) is 0 Å². The third-order valence-corrected chi connectivity index (χ3v) is 3.79. The van der Waals surface area contributed by atoms with Crippen molar-refractivity contribution in [3.8, 4) is 0 Å². The van der Waals surface area contributed by atoms with Gasteiger partial charge in [-0.15, -0.1) is 0 Å². The molecule has 1 aliphatic rings. The van der Waals surface area contributed by atoms with Crippen LogP contribution in [0.4, 0.5) is 23.7 Å². The van der Waals surface area contributed by atoms with Gasteiger partial charge < -0.3 is 15.3 Å². The molecule has 122 valence electrons. The van der Waals surface area contributed by atoms with Gasteiger partial charge in [-0.25, -0.2) is 4.79 Å². The van der Waals surface area contributed by atoms with E-state index in [1.807, 2.05) is 0 Å². The Bertz CT molecular complexity index is 518. The lowest BCUT2D eigenvalue weighted by atomic mass is 10.0. The number of hydrogen-bond donors (Lipinski definition) is 2. The number of anilines is 1. The van der Waals surface area contributed by atoms with Crippen LogP contribution in [0.3, 0.4) is 0 Å². The van der Waals surface area contributed by atoms with Crippen molar-refractivity contribution in [2.75, 3.05) is 18.5 Å². The molecule has 2 rings (SSSR count). The second-order valence-electron chi connectivity index (χ2n) is 5.36.